The smallest absolute Gasteiger partial charge is 0.305 e. The van der Waals surface area contributed by atoms with Crippen LogP contribution in [0.2, 0.25) is 0 Å². The number of amides is 2. The molecule has 2 amide bonds. The molecule has 6 heteroatoms. The highest BCUT2D eigenvalue weighted by Crippen LogP contribution is 2.27. The first-order valence-electron chi connectivity index (χ1n) is 7.34. The van der Waals surface area contributed by atoms with E-state index in [0.29, 0.717) is 13.0 Å². The summed E-state index contributed by atoms with van der Waals surface area (Å²) in [7, 11) is 1.31. The van der Waals surface area contributed by atoms with Crippen molar-refractivity contribution in [1.29, 1.82) is 0 Å². The van der Waals surface area contributed by atoms with Gasteiger partial charge < -0.3 is 15.0 Å². The number of nitrogens with zero attached hydrogens (tertiary/aromatic N) is 1. The quantitative estimate of drug-likeness (QED) is 0.820. The topological polar surface area (TPSA) is 75.7 Å². The van der Waals surface area contributed by atoms with Crippen molar-refractivity contribution in [1.82, 2.24) is 10.2 Å². The summed E-state index contributed by atoms with van der Waals surface area (Å²) in [5, 5.41) is 2.74. The van der Waals surface area contributed by atoms with Gasteiger partial charge in [-0.25, -0.2) is 0 Å². The Morgan fingerprint density at radius 2 is 2.05 bits per heavy atom. The molecule has 2 atom stereocenters. The molecule has 0 radical (unpaired) electrons. The van der Waals surface area contributed by atoms with Gasteiger partial charge in [0.25, 0.3) is 0 Å². The molecular weight excluding hydrogens is 284 g/mol. The summed E-state index contributed by atoms with van der Waals surface area (Å²) < 4.78 is 4.58. The Hall–Kier alpha value is -2.37. The van der Waals surface area contributed by atoms with Crippen molar-refractivity contribution in [2.75, 3.05) is 7.11 Å². The fraction of sp³-hybridized carbons (Fsp3) is 0.438. The molecule has 2 aliphatic heterocycles. The molecule has 0 bridgehead atoms. The lowest BCUT2D eigenvalue weighted by Crippen LogP contribution is -2.64. The molecular formula is C16H18N2O4. The average molecular weight is 302 g/mol. The fourth-order valence-electron chi connectivity index (χ4n) is 3.08. The summed E-state index contributed by atoms with van der Waals surface area (Å²) in [5.41, 5.74) is 2.19. The Labute approximate surface area is 128 Å². The summed E-state index contributed by atoms with van der Waals surface area (Å²) in [4.78, 5) is 37.7. The number of hydrogen-bond acceptors (Lipinski definition) is 4. The molecule has 3 rings (SSSR count). The standard InChI is InChI=1S/C16H18N2O4/c1-22-14(19)7-6-12-16(21)18-9-11-5-3-2-4-10(11)8-13(18)15(20)17-12/h2-5,12-13H,6-9H2,1H3,(H,17,20)/t12-,13+/m0/s1. The van der Waals surface area contributed by atoms with E-state index < -0.39 is 12.1 Å². The van der Waals surface area contributed by atoms with Gasteiger partial charge in [0.05, 0.1) is 7.11 Å². The highest BCUT2D eigenvalue weighted by atomic mass is 16.5. The largest absolute Gasteiger partial charge is 0.469 e. The van der Waals surface area contributed by atoms with E-state index in [0.717, 1.165) is 11.1 Å². The second-order valence-corrected chi connectivity index (χ2v) is 5.63. The number of ether oxygens (including phenoxy) is 1. The third-order valence-corrected chi connectivity index (χ3v) is 4.31. The molecule has 1 aromatic carbocycles. The Morgan fingerprint density at radius 1 is 1.32 bits per heavy atom. The van der Waals surface area contributed by atoms with Crippen molar-refractivity contribution < 1.29 is 19.1 Å². The molecule has 0 spiro atoms. The molecule has 1 fully saturated rings. The first-order chi connectivity index (χ1) is 10.6. The van der Waals surface area contributed by atoms with Gasteiger partial charge in [-0.3, -0.25) is 14.4 Å². The lowest BCUT2D eigenvalue weighted by molar-refractivity contribution is -0.151. The van der Waals surface area contributed by atoms with Crippen LogP contribution in [0.25, 0.3) is 0 Å². The molecule has 2 heterocycles. The van der Waals surface area contributed by atoms with E-state index in [2.05, 4.69) is 10.1 Å². The molecule has 0 unspecified atom stereocenters. The normalized spacial score (nSPS) is 23.4. The Morgan fingerprint density at radius 3 is 2.77 bits per heavy atom. The van der Waals surface area contributed by atoms with Crippen LogP contribution in [-0.4, -0.2) is 41.9 Å². The van der Waals surface area contributed by atoms with Gasteiger partial charge in [-0.15, -0.1) is 0 Å². The number of benzene rings is 1. The number of fused-ring (bicyclic) bond motifs is 2. The SMILES string of the molecule is COC(=O)CC[C@@H]1NC(=O)[C@H]2Cc3ccccc3CN2C1=O. The van der Waals surface area contributed by atoms with Crippen molar-refractivity contribution in [3.05, 3.63) is 35.4 Å². The minimum absolute atomic E-state index is 0.113. The lowest BCUT2D eigenvalue weighted by Gasteiger charge is -2.42. The van der Waals surface area contributed by atoms with Crippen molar-refractivity contribution in [2.45, 2.75) is 37.9 Å². The first kappa shape index (κ1) is 14.6. The number of carbonyl (C=O) groups excluding carboxylic acids is 3. The van der Waals surface area contributed by atoms with Crippen LogP contribution < -0.4 is 5.32 Å². The van der Waals surface area contributed by atoms with Crippen LogP contribution in [-0.2, 0) is 32.1 Å². The van der Waals surface area contributed by atoms with Crippen LogP contribution in [0.4, 0.5) is 0 Å². The summed E-state index contributed by atoms with van der Waals surface area (Å²) >= 11 is 0. The monoisotopic (exact) mass is 302 g/mol. The zero-order valence-electron chi connectivity index (χ0n) is 12.4. The molecule has 0 aromatic heterocycles. The second kappa shape index (κ2) is 5.79. The van der Waals surface area contributed by atoms with Gasteiger partial charge in [-0.05, 0) is 17.5 Å². The van der Waals surface area contributed by atoms with Gasteiger partial charge >= 0.3 is 5.97 Å². The molecule has 2 aliphatic rings. The Balaban J connectivity index is 1.77. The fourth-order valence-corrected chi connectivity index (χ4v) is 3.08. The maximum absolute atomic E-state index is 12.6. The Kier molecular flexibility index (Phi) is 3.83. The molecule has 1 N–H and O–H groups in total. The van der Waals surface area contributed by atoms with Gasteiger partial charge in [0.15, 0.2) is 0 Å². The first-order valence-corrected chi connectivity index (χ1v) is 7.34. The van der Waals surface area contributed by atoms with Crippen LogP contribution in [0.1, 0.15) is 24.0 Å². The van der Waals surface area contributed by atoms with Gasteiger partial charge in [0, 0.05) is 19.4 Å². The third-order valence-electron chi connectivity index (χ3n) is 4.31. The van der Waals surface area contributed by atoms with E-state index in [1.807, 2.05) is 24.3 Å². The minimum atomic E-state index is -0.645. The number of carbonyl (C=O) groups is 3. The number of rotatable bonds is 3. The zero-order chi connectivity index (χ0) is 15.7. The van der Waals surface area contributed by atoms with Crippen molar-refractivity contribution in [3.63, 3.8) is 0 Å². The zero-order valence-corrected chi connectivity index (χ0v) is 12.4. The third kappa shape index (κ3) is 2.56. The van der Waals surface area contributed by atoms with E-state index >= 15 is 0 Å². The molecule has 116 valence electrons. The predicted octanol–water partition coefficient (Wildman–Crippen LogP) is 0.391. The number of nitrogens with one attached hydrogen (secondary N) is 1. The van der Waals surface area contributed by atoms with Gasteiger partial charge in [-0.1, -0.05) is 24.3 Å². The number of esters is 1. The highest BCUT2D eigenvalue weighted by molar-refractivity contribution is 5.97. The van der Waals surface area contributed by atoms with Crippen LogP contribution in [0.15, 0.2) is 24.3 Å². The van der Waals surface area contributed by atoms with Crippen molar-refractivity contribution >= 4 is 17.8 Å². The average Bonchev–Trinajstić information content (AvgIpc) is 2.55. The van der Waals surface area contributed by atoms with E-state index in [1.54, 1.807) is 4.90 Å². The summed E-state index contributed by atoms with van der Waals surface area (Å²) in [6.45, 7) is 0.446. The second-order valence-electron chi connectivity index (χ2n) is 5.63. The van der Waals surface area contributed by atoms with Crippen LogP contribution in [0.5, 0.6) is 0 Å². The number of hydrogen-bond donors (Lipinski definition) is 1. The molecule has 1 saturated heterocycles. The van der Waals surface area contributed by atoms with Crippen LogP contribution >= 0.6 is 0 Å². The molecule has 6 nitrogen and oxygen atoms in total. The summed E-state index contributed by atoms with van der Waals surface area (Å²) in [6, 6.07) is 6.76. The summed E-state index contributed by atoms with van der Waals surface area (Å²) in [6.07, 6.45) is 0.919. The molecule has 1 aromatic rings. The van der Waals surface area contributed by atoms with Crippen LogP contribution in [0, 0.1) is 0 Å². The van der Waals surface area contributed by atoms with E-state index in [-0.39, 0.29) is 30.6 Å². The number of methoxy groups -OCH3 is 1. The van der Waals surface area contributed by atoms with E-state index in [1.165, 1.54) is 7.11 Å². The maximum atomic E-state index is 12.6. The van der Waals surface area contributed by atoms with E-state index in [9.17, 15) is 14.4 Å². The maximum Gasteiger partial charge on any atom is 0.305 e. The molecule has 22 heavy (non-hydrogen) atoms. The summed E-state index contributed by atoms with van der Waals surface area (Å²) in [5.74, 6) is -0.653. The number of piperazine rings is 1. The molecule has 0 saturated carbocycles. The molecule has 0 aliphatic carbocycles. The van der Waals surface area contributed by atoms with Gasteiger partial charge in [-0.2, -0.15) is 0 Å². The minimum Gasteiger partial charge on any atom is -0.469 e. The van der Waals surface area contributed by atoms with Crippen molar-refractivity contribution in [3.8, 4) is 0 Å². The van der Waals surface area contributed by atoms with E-state index in [4.69, 9.17) is 0 Å². The Bertz CT molecular complexity index is 628. The van der Waals surface area contributed by atoms with Gasteiger partial charge in [0.2, 0.25) is 11.8 Å². The predicted molar refractivity (Wildman–Crippen MR) is 77.7 cm³/mol. The van der Waals surface area contributed by atoms with Crippen LogP contribution in [0.3, 0.4) is 0 Å². The van der Waals surface area contributed by atoms with Gasteiger partial charge in [0.1, 0.15) is 12.1 Å². The lowest BCUT2D eigenvalue weighted by atomic mass is 9.90. The highest BCUT2D eigenvalue weighted by Gasteiger charge is 2.42. The van der Waals surface area contributed by atoms with Crippen molar-refractivity contribution in [2.24, 2.45) is 0 Å².